The van der Waals surface area contributed by atoms with Crippen molar-refractivity contribution in [2.24, 2.45) is 0 Å². The third-order valence-corrected chi connectivity index (χ3v) is 2.34. The molecule has 0 aliphatic carbocycles. The number of ether oxygens (including phenoxy) is 1. The van der Waals surface area contributed by atoms with E-state index in [-0.39, 0.29) is 0 Å². The normalized spacial score (nSPS) is 13.2. The fraction of sp³-hybridized carbons (Fsp3) is 0.417. The molecule has 0 radical (unpaired) electrons. The summed E-state index contributed by atoms with van der Waals surface area (Å²) >= 11 is 0. The molecule has 0 aliphatic heterocycles. The fourth-order valence-corrected chi connectivity index (χ4v) is 1.24. The van der Waals surface area contributed by atoms with E-state index in [4.69, 9.17) is 4.74 Å². The van der Waals surface area contributed by atoms with Gasteiger partial charge in [-0.1, -0.05) is 19.1 Å². The van der Waals surface area contributed by atoms with Gasteiger partial charge in [0.1, 0.15) is 0 Å². The van der Waals surface area contributed by atoms with Gasteiger partial charge in [-0.15, -0.1) is 0 Å². The first-order valence-electron chi connectivity index (χ1n) is 5.23. The Morgan fingerprint density at radius 1 is 1.35 bits per heavy atom. The lowest BCUT2D eigenvalue weighted by Crippen LogP contribution is -2.18. The van der Waals surface area contributed by atoms with Gasteiger partial charge in [-0.2, -0.15) is 13.2 Å². The zero-order valence-electron chi connectivity index (χ0n) is 9.54. The van der Waals surface area contributed by atoms with Crippen molar-refractivity contribution >= 4 is 5.97 Å². The summed E-state index contributed by atoms with van der Waals surface area (Å²) in [6, 6.07) is 4.60. The molecule has 0 heterocycles. The van der Waals surface area contributed by atoms with E-state index in [2.05, 4.69) is 0 Å². The average molecular weight is 246 g/mol. The molecule has 1 aromatic carbocycles. The number of carbonyl (C=O) groups is 1. The van der Waals surface area contributed by atoms with Gasteiger partial charge in [0, 0.05) is 0 Å². The summed E-state index contributed by atoms with van der Waals surface area (Å²) in [6.45, 7) is 3.42. The number of benzene rings is 1. The Hall–Kier alpha value is -1.52. The quantitative estimate of drug-likeness (QED) is 0.761. The summed E-state index contributed by atoms with van der Waals surface area (Å²) < 4.78 is 42.7. The minimum absolute atomic E-state index is 0.399. The van der Waals surface area contributed by atoms with E-state index in [9.17, 15) is 18.0 Å². The van der Waals surface area contributed by atoms with E-state index in [0.717, 1.165) is 12.1 Å². The first-order valence-corrected chi connectivity index (χ1v) is 5.23. The van der Waals surface area contributed by atoms with Gasteiger partial charge in [-0.05, 0) is 25.5 Å². The van der Waals surface area contributed by atoms with Gasteiger partial charge in [-0.3, -0.25) is 0 Å². The van der Waals surface area contributed by atoms with Gasteiger partial charge in [0.25, 0.3) is 0 Å². The highest BCUT2D eigenvalue weighted by molar-refractivity contribution is 5.91. The van der Waals surface area contributed by atoms with Crippen LogP contribution in [0.5, 0.6) is 0 Å². The number of esters is 1. The van der Waals surface area contributed by atoms with Gasteiger partial charge in [0.15, 0.2) is 0 Å². The molecule has 0 bridgehead atoms. The monoisotopic (exact) mass is 246 g/mol. The van der Waals surface area contributed by atoms with Crippen molar-refractivity contribution in [3.8, 4) is 0 Å². The van der Waals surface area contributed by atoms with E-state index < -0.39 is 29.4 Å². The molecule has 5 heteroatoms. The molecular formula is C12H13F3O2. The van der Waals surface area contributed by atoms with Crippen molar-refractivity contribution in [1.82, 2.24) is 0 Å². The van der Waals surface area contributed by atoms with Crippen LogP contribution in [0.4, 0.5) is 13.2 Å². The van der Waals surface area contributed by atoms with Gasteiger partial charge >= 0.3 is 12.1 Å². The molecule has 2 nitrogen and oxygen atoms in total. The topological polar surface area (TPSA) is 26.3 Å². The molecule has 0 saturated heterocycles. The molecule has 0 saturated carbocycles. The van der Waals surface area contributed by atoms with E-state index in [1.165, 1.54) is 12.1 Å². The number of carbonyl (C=O) groups excluding carboxylic acids is 1. The van der Waals surface area contributed by atoms with Crippen LogP contribution in [-0.2, 0) is 10.9 Å². The minimum Gasteiger partial charge on any atom is -0.459 e. The summed E-state index contributed by atoms with van der Waals surface area (Å²) in [4.78, 5) is 11.6. The minimum atomic E-state index is -4.55. The predicted molar refractivity (Wildman–Crippen MR) is 56.6 cm³/mol. The van der Waals surface area contributed by atoms with Gasteiger partial charge in [0.2, 0.25) is 0 Å². The SMILES string of the molecule is CCC(C)OC(=O)c1ccccc1C(F)(F)F. The third-order valence-electron chi connectivity index (χ3n) is 2.34. The lowest BCUT2D eigenvalue weighted by Gasteiger charge is -2.14. The van der Waals surface area contributed by atoms with Crippen LogP contribution in [-0.4, -0.2) is 12.1 Å². The molecule has 0 amide bonds. The molecule has 0 aromatic heterocycles. The van der Waals surface area contributed by atoms with Crippen molar-refractivity contribution in [2.75, 3.05) is 0 Å². The van der Waals surface area contributed by atoms with Crippen LogP contribution in [0.25, 0.3) is 0 Å². The second-order valence-corrected chi connectivity index (χ2v) is 3.67. The smallest absolute Gasteiger partial charge is 0.417 e. The van der Waals surface area contributed by atoms with Crippen molar-refractivity contribution < 1.29 is 22.7 Å². The highest BCUT2D eigenvalue weighted by Crippen LogP contribution is 2.32. The first-order chi connectivity index (χ1) is 7.86. The molecule has 1 unspecified atom stereocenters. The van der Waals surface area contributed by atoms with E-state index in [1.807, 2.05) is 0 Å². The van der Waals surface area contributed by atoms with Crippen molar-refractivity contribution in [2.45, 2.75) is 32.5 Å². The number of hydrogen-bond donors (Lipinski definition) is 0. The molecule has 0 spiro atoms. The highest BCUT2D eigenvalue weighted by Gasteiger charge is 2.35. The summed E-state index contributed by atoms with van der Waals surface area (Å²) in [5, 5.41) is 0. The maximum Gasteiger partial charge on any atom is 0.417 e. The standard InChI is InChI=1S/C12H13F3O2/c1-3-8(2)17-11(16)9-6-4-5-7-10(9)12(13,14)15/h4-8H,3H2,1-2H3. The fourth-order valence-electron chi connectivity index (χ4n) is 1.24. The van der Waals surface area contributed by atoms with Gasteiger partial charge < -0.3 is 4.74 Å². The number of halogens is 3. The number of rotatable bonds is 3. The number of hydrogen-bond acceptors (Lipinski definition) is 2. The Labute approximate surface area is 97.4 Å². The molecule has 1 rings (SSSR count). The molecular weight excluding hydrogens is 233 g/mol. The second-order valence-electron chi connectivity index (χ2n) is 3.67. The summed E-state index contributed by atoms with van der Waals surface area (Å²) in [5.41, 5.74) is -1.41. The van der Waals surface area contributed by atoms with Crippen LogP contribution in [0.3, 0.4) is 0 Å². The Bertz CT molecular complexity index is 399. The van der Waals surface area contributed by atoms with E-state index in [0.29, 0.717) is 6.42 Å². The Kier molecular flexibility index (Phi) is 4.15. The molecule has 0 fully saturated rings. The summed E-state index contributed by atoms with van der Waals surface area (Å²) in [5.74, 6) is -0.938. The van der Waals surface area contributed by atoms with E-state index >= 15 is 0 Å². The van der Waals surface area contributed by atoms with E-state index in [1.54, 1.807) is 13.8 Å². The second kappa shape index (κ2) is 5.21. The molecule has 0 aliphatic rings. The third kappa shape index (κ3) is 3.47. The van der Waals surface area contributed by atoms with Crippen LogP contribution in [0.1, 0.15) is 36.2 Å². The van der Waals surface area contributed by atoms with Gasteiger partial charge in [-0.25, -0.2) is 4.79 Å². The molecule has 94 valence electrons. The number of alkyl halides is 3. The van der Waals surface area contributed by atoms with Crippen molar-refractivity contribution in [1.29, 1.82) is 0 Å². The van der Waals surface area contributed by atoms with Crippen LogP contribution < -0.4 is 0 Å². The molecule has 1 aromatic rings. The molecule has 0 N–H and O–H groups in total. The average Bonchev–Trinajstić information content (AvgIpc) is 2.27. The van der Waals surface area contributed by atoms with Crippen LogP contribution in [0, 0.1) is 0 Å². The van der Waals surface area contributed by atoms with Crippen LogP contribution in [0.15, 0.2) is 24.3 Å². The zero-order chi connectivity index (χ0) is 13.1. The highest BCUT2D eigenvalue weighted by atomic mass is 19.4. The van der Waals surface area contributed by atoms with Gasteiger partial charge in [0.05, 0.1) is 17.2 Å². The lowest BCUT2D eigenvalue weighted by atomic mass is 10.1. The Balaban J connectivity index is 3.02. The Morgan fingerprint density at radius 3 is 2.47 bits per heavy atom. The molecule has 1 atom stereocenters. The predicted octanol–water partition coefficient (Wildman–Crippen LogP) is 3.66. The van der Waals surface area contributed by atoms with Crippen molar-refractivity contribution in [3.05, 3.63) is 35.4 Å². The molecule has 17 heavy (non-hydrogen) atoms. The Morgan fingerprint density at radius 2 is 1.94 bits per heavy atom. The van der Waals surface area contributed by atoms with Crippen LogP contribution >= 0.6 is 0 Å². The summed E-state index contributed by atoms with van der Waals surface area (Å²) in [6.07, 6.45) is -4.39. The lowest BCUT2D eigenvalue weighted by molar-refractivity contribution is -0.138. The maximum atomic E-state index is 12.6. The van der Waals surface area contributed by atoms with Crippen molar-refractivity contribution in [3.63, 3.8) is 0 Å². The maximum absolute atomic E-state index is 12.6. The zero-order valence-corrected chi connectivity index (χ0v) is 9.54. The summed E-state index contributed by atoms with van der Waals surface area (Å²) in [7, 11) is 0. The largest absolute Gasteiger partial charge is 0.459 e. The van der Waals surface area contributed by atoms with Crippen LogP contribution in [0.2, 0.25) is 0 Å². The first kappa shape index (κ1) is 13.5.